The molecule has 0 aliphatic heterocycles. The minimum absolute atomic E-state index is 0.470. The number of aliphatic hydroxyl groups excluding tert-OH is 1. The van der Waals surface area contributed by atoms with Gasteiger partial charge in [-0.1, -0.05) is 464 Å². The average molecular weight is 1250 g/mol. The molecule has 4 nitrogen and oxygen atoms in total. The summed E-state index contributed by atoms with van der Waals surface area (Å²) in [6.45, 7) is 7.06. The van der Waals surface area contributed by atoms with Crippen molar-refractivity contribution >= 4 is 5.97 Å². The first-order valence-corrected chi connectivity index (χ1v) is 42.4. The highest BCUT2D eigenvalue weighted by Gasteiger charge is 2.35. The number of aliphatic hydroxyl groups is 1. The maximum absolute atomic E-state index is 12.0. The molecule has 4 heteroatoms. The van der Waals surface area contributed by atoms with Crippen LogP contribution in [0.4, 0.5) is 0 Å². The largest absolute Gasteiger partial charge is 0.481 e. The van der Waals surface area contributed by atoms with Crippen LogP contribution in [0, 0.1) is 23.7 Å². The highest BCUT2D eigenvalue weighted by molar-refractivity contribution is 5.70. The van der Waals surface area contributed by atoms with Gasteiger partial charge in [0.2, 0.25) is 0 Å². The molecular formula is C85H168O4. The molecule has 0 aromatic heterocycles. The van der Waals surface area contributed by atoms with E-state index in [9.17, 15) is 15.0 Å². The summed E-state index contributed by atoms with van der Waals surface area (Å²) >= 11 is 0. The van der Waals surface area contributed by atoms with Gasteiger partial charge in [0.15, 0.2) is 0 Å². The second-order valence-corrected chi connectivity index (χ2v) is 30.7. The first-order chi connectivity index (χ1) is 43.9. The third-order valence-electron chi connectivity index (χ3n) is 22.1. The van der Waals surface area contributed by atoms with E-state index in [1.807, 2.05) is 7.11 Å². The maximum atomic E-state index is 12.0. The highest BCUT2D eigenvalue weighted by Crippen LogP contribution is 2.46. The molecule has 0 amide bonds. The lowest BCUT2D eigenvalue weighted by Gasteiger charge is -2.22. The Labute approximate surface area is 561 Å². The molecule has 1 unspecified atom stereocenters. The summed E-state index contributed by atoms with van der Waals surface area (Å²) in [5.41, 5.74) is 0. The summed E-state index contributed by atoms with van der Waals surface area (Å²) in [7, 11) is 1.96. The molecule has 532 valence electrons. The van der Waals surface area contributed by atoms with Crippen molar-refractivity contribution in [3.63, 3.8) is 0 Å². The molecule has 0 aromatic rings. The van der Waals surface area contributed by atoms with E-state index in [2.05, 4.69) is 20.8 Å². The van der Waals surface area contributed by atoms with E-state index < -0.39 is 18.0 Å². The number of carboxylic acids is 1. The Morgan fingerprint density at radius 3 is 0.742 bits per heavy atom. The van der Waals surface area contributed by atoms with Gasteiger partial charge in [-0.2, -0.15) is 0 Å². The van der Waals surface area contributed by atoms with Crippen LogP contribution >= 0.6 is 0 Å². The lowest BCUT2D eigenvalue weighted by molar-refractivity contribution is -0.146. The zero-order chi connectivity index (χ0) is 64.1. The van der Waals surface area contributed by atoms with Gasteiger partial charge < -0.3 is 14.9 Å². The molecular weight excluding hydrogens is 1080 g/mol. The van der Waals surface area contributed by atoms with E-state index in [4.69, 9.17) is 4.74 Å². The number of methoxy groups -OCH3 is 1. The van der Waals surface area contributed by atoms with E-state index in [-0.39, 0.29) is 0 Å². The Kier molecular flexibility index (Phi) is 69.6. The Morgan fingerprint density at radius 1 is 0.303 bits per heavy atom. The summed E-state index contributed by atoms with van der Waals surface area (Å²) in [4.78, 5) is 12.0. The third-order valence-corrected chi connectivity index (χ3v) is 22.1. The Balaban J connectivity index is 1.76. The summed E-state index contributed by atoms with van der Waals surface area (Å²) in [6, 6.07) is 0. The van der Waals surface area contributed by atoms with E-state index in [1.165, 1.54) is 430 Å². The van der Waals surface area contributed by atoms with Crippen LogP contribution in [-0.2, 0) is 9.53 Å². The van der Waals surface area contributed by atoms with Gasteiger partial charge in [0.05, 0.1) is 18.1 Å². The van der Waals surface area contributed by atoms with Crippen molar-refractivity contribution < 1.29 is 19.7 Å². The second-order valence-electron chi connectivity index (χ2n) is 30.7. The number of hydrogen-bond donors (Lipinski definition) is 2. The Hall–Kier alpha value is -0.610. The van der Waals surface area contributed by atoms with E-state index in [0.29, 0.717) is 24.9 Å². The van der Waals surface area contributed by atoms with Crippen molar-refractivity contribution in [1.82, 2.24) is 0 Å². The quantitative estimate of drug-likeness (QED) is 0.0596. The van der Waals surface area contributed by atoms with Crippen molar-refractivity contribution in [3.8, 4) is 0 Å². The normalized spacial score (nSPS) is 15.5. The maximum Gasteiger partial charge on any atom is 0.309 e. The molecule has 0 spiro atoms. The van der Waals surface area contributed by atoms with Crippen LogP contribution in [0.2, 0.25) is 0 Å². The monoisotopic (exact) mass is 1250 g/mol. The van der Waals surface area contributed by atoms with Crippen LogP contribution in [0.15, 0.2) is 0 Å². The number of carboxylic acid groups (broad SMARTS) is 1. The molecule has 1 aliphatic carbocycles. The Bertz CT molecular complexity index is 1330. The van der Waals surface area contributed by atoms with Crippen molar-refractivity contribution in [2.45, 2.75) is 508 Å². The Morgan fingerprint density at radius 2 is 0.506 bits per heavy atom. The zero-order valence-corrected chi connectivity index (χ0v) is 62.0. The molecule has 0 bridgehead atoms. The molecule has 1 aliphatic rings. The second kappa shape index (κ2) is 71.7. The first kappa shape index (κ1) is 86.4. The smallest absolute Gasteiger partial charge is 0.309 e. The topological polar surface area (TPSA) is 66.8 Å². The van der Waals surface area contributed by atoms with E-state index in [1.54, 1.807) is 6.42 Å². The van der Waals surface area contributed by atoms with Crippen molar-refractivity contribution in [1.29, 1.82) is 0 Å². The number of hydrogen-bond acceptors (Lipinski definition) is 3. The molecule has 0 heterocycles. The summed E-state index contributed by atoms with van der Waals surface area (Å²) < 4.78 is 5.98. The minimum atomic E-state index is -0.798. The SMILES string of the molecule is CCCCCCCCCCCCCCCCCCCCCCCC[C@@H](C(=O)O)[C@H](O)CCCCCCCCCCCCCCCCC[C@H]1CC1CCCCCCCCCCCCCCCC[C@@H](OC)[C@H](C)CCCCCCCCCCCCCCCCCC. The number of ether oxygens (including phenoxy) is 1. The molecule has 2 N–H and O–H groups in total. The van der Waals surface area contributed by atoms with Gasteiger partial charge in [-0.05, 0) is 49.9 Å². The minimum Gasteiger partial charge on any atom is -0.481 e. The van der Waals surface area contributed by atoms with Gasteiger partial charge in [-0.25, -0.2) is 0 Å². The van der Waals surface area contributed by atoms with Gasteiger partial charge in [0.25, 0.3) is 0 Å². The average Bonchev–Trinajstić information content (AvgIpc) is 4.32. The van der Waals surface area contributed by atoms with E-state index in [0.717, 1.165) is 37.5 Å². The first-order valence-electron chi connectivity index (χ1n) is 42.4. The van der Waals surface area contributed by atoms with Crippen molar-refractivity contribution in [2.75, 3.05) is 7.11 Å². The standard InChI is InChI=1S/C85H168O4/c1-5-7-9-11-13-15-17-19-21-23-24-25-26-27-28-32-39-45-51-57-63-69-75-82(85(87)88)83(86)76-70-64-58-52-46-40-33-29-31-37-43-49-55-61-67-73-80-78-81(80)74-68-62-56-50-44-38-34-35-41-47-53-59-65-71-77-84(89-4)79(3)72-66-60-54-48-42-36-30-22-20-18-16-14-12-10-8-6-2/h79-84,86H,5-78H2,1-4H3,(H,87,88)/t79-,80+,81?,82-,83-,84-/m1/s1. The van der Waals surface area contributed by atoms with Crippen LogP contribution in [0.3, 0.4) is 0 Å². The van der Waals surface area contributed by atoms with Gasteiger partial charge in [-0.15, -0.1) is 0 Å². The molecule has 6 atom stereocenters. The summed E-state index contributed by atoms with van der Waals surface area (Å²) in [5, 5.41) is 20.6. The fraction of sp³-hybridized carbons (Fsp3) is 0.988. The van der Waals surface area contributed by atoms with Crippen LogP contribution < -0.4 is 0 Å². The zero-order valence-electron chi connectivity index (χ0n) is 62.0. The molecule has 0 aromatic carbocycles. The van der Waals surface area contributed by atoms with E-state index >= 15 is 0 Å². The van der Waals surface area contributed by atoms with Crippen LogP contribution in [0.25, 0.3) is 0 Å². The van der Waals surface area contributed by atoms with Crippen LogP contribution in [0.1, 0.15) is 496 Å². The summed E-state index contributed by atoms with van der Waals surface area (Å²) in [5.74, 6) is 1.50. The van der Waals surface area contributed by atoms with Crippen LogP contribution in [0.5, 0.6) is 0 Å². The third kappa shape index (κ3) is 63.2. The molecule has 1 fully saturated rings. The lowest BCUT2D eigenvalue weighted by Crippen LogP contribution is -2.28. The molecule has 0 radical (unpaired) electrons. The predicted molar refractivity (Wildman–Crippen MR) is 397 cm³/mol. The number of carbonyl (C=O) groups is 1. The fourth-order valence-corrected chi connectivity index (χ4v) is 15.4. The molecule has 1 rings (SSSR count). The van der Waals surface area contributed by atoms with Gasteiger partial charge in [-0.3, -0.25) is 4.79 Å². The molecule has 89 heavy (non-hydrogen) atoms. The lowest BCUT2D eigenvalue weighted by atomic mass is 9.91. The van der Waals surface area contributed by atoms with Gasteiger partial charge in [0.1, 0.15) is 0 Å². The van der Waals surface area contributed by atoms with Crippen molar-refractivity contribution in [3.05, 3.63) is 0 Å². The fourth-order valence-electron chi connectivity index (χ4n) is 15.4. The van der Waals surface area contributed by atoms with Gasteiger partial charge >= 0.3 is 5.97 Å². The van der Waals surface area contributed by atoms with Crippen molar-refractivity contribution in [2.24, 2.45) is 23.7 Å². The summed E-state index contributed by atoms with van der Waals surface area (Å²) in [6.07, 6.45) is 102. The number of unbranched alkanes of at least 4 members (excludes halogenated alkanes) is 63. The predicted octanol–water partition coefficient (Wildman–Crippen LogP) is 29.9. The number of rotatable bonds is 79. The van der Waals surface area contributed by atoms with Gasteiger partial charge in [0, 0.05) is 7.11 Å². The number of aliphatic carboxylic acids is 1. The molecule has 0 saturated heterocycles. The van der Waals surface area contributed by atoms with Crippen LogP contribution in [-0.4, -0.2) is 35.5 Å². The highest BCUT2D eigenvalue weighted by atomic mass is 16.5. The molecule has 1 saturated carbocycles.